The molecule has 0 aliphatic heterocycles. The van der Waals surface area contributed by atoms with Gasteiger partial charge in [0.25, 0.3) is 0 Å². The molecule has 0 unspecified atom stereocenters. The van der Waals surface area contributed by atoms with Crippen LogP contribution < -0.4 is 5.43 Å². The molecule has 2 aromatic heterocycles. The highest BCUT2D eigenvalue weighted by atomic mass is 19.4. The number of hydrogen-bond acceptors (Lipinski definition) is 3. The van der Waals surface area contributed by atoms with Gasteiger partial charge in [0, 0.05) is 12.3 Å². The van der Waals surface area contributed by atoms with Crippen molar-refractivity contribution < 1.29 is 13.2 Å². The van der Waals surface area contributed by atoms with Gasteiger partial charge in [0.2, 0.25) is 5.43 Å². The highest BCUT2D eigenvalue weighted by molar-refractivity contribution is 5.61. The van der Waals surface area contributed by atoms with Gasteiger partial charge < -0.3 is 0 Å². The number of benzene rings is 2. The minimum atomic E-state index is -4.47. The first-order chi connectivity index (χ1) is 13.8. The van der Waals surface area contributed by atoms with Crippen LogP contribution in [0.15, 0.2) is 77.9 Å². The molecule has 0 amide bonds. The van der Waals surface area contributed by atoms with Crippen LogP contribution in [0, 0.1) is 6.92 Å². The van der Waals surface area contributed by atoms with E-state index in [9.17, 15) is 18.0 Å². The smallest absolute Gasteiger partial charge is 0.287 e. The molecule has 0 radical (unpaired) electrons. The molecule has 8 heteroatoms. The third kappa shape index (κ3) is 3.56. The lowest BCUT2D eigenvalue weighted by molar-refractivity contribution is -0.137. The second kappa shape index (κ2) is 7.05. The van der Waals surface area contributed by atoms with Crippen LogP contribution in [0.2, 0.25) is 0 Å². The summed E-state index contributed by atoms with van der Waals surface area (Å²) in [4.78, 5) is 12.6. The molecule has 0 aliphatic rings. The molecule has 0 saturated carbocycles. The Morgan fingerprint density at radius 1 is 0.931 bits per heavy atom. The number of rotatable bonds is 3. The average Bonchev–Trinajstić information content (AvgIpc) is 3.10. The highest BCUT2D eigenvalue weighted by Gasteiger charge is 2.30. The minimum absolute atomic E-state index is 0.101. The first-order valence-electron chi connectivity index (χ1n) is 8.72. The summed E-state index contributed by atoms with van der Waals surface area (Å²) >= 11 is 0. The Hall–Kier alpha value is -3.68. The summed E-state index contributed by atoms with van der Waals surface area (Å²) in [6, 6.07) is 15.3. The highest BCUT2D eigenvalue weighted by Crippen LogP contribution is 2.30. The number of halogens is 3. The van der Waals surface area contributed by atoms with Crippen LogP contribution >= 0.6 is 0 Å². The van der Waals surface area contributed by atoms with Crippen LogP contribution in [-0.2, 0) is 6.18 Å². The topological polar surface area (TPSA) is 52.7 Å². The molecule has 0 saturated heterocycles. The molecule has 0 fully saturated rings. The van der Waals surface area contributed by atoms with Crippen molar-refractivity contribution in [3.8, 4) is 22.8 Å². The van der Waals surface area contributed by atoms with Crippen molar-refractivity contribution in [1.82, 2.24) is 19.6 Å². The number of nitrogens with zero attached hydrogens (tertiary/aromatic N) is 4. The van der Waals surface area contributed by atoms with E-state index in [0.29, 0.717) is 5.69 Å². The van der Waals surface area contributed by atoms with Gasteiger partial charge in [0.1, 0.15) is 5.69 Å². The largest absolute Gasteiger partial charge is 0.416 e. The Balaban J connectivity index is 1.87. The summed E-state index contributed by atoms with van der Waals surface area (Å²) in [5.41, 5.74) is 1.11. The number of para-hydroxylation sites is 1. The van der Waals surface area contributed by atoms with Crippen molar-refractivity contribution in [3.63, 3.8) is 0 Å². The second-order valence-electron chi connectivity index (χ2n) is 6.44. The molecule has 0 N–H and O–H groups in total. The van der Waals surface area contributed by atoms with Crippen molar-refractivity contribution in [3.05, 3.63) is 94.4 Å². The molecule has 5 nitrogen and oxygen atoms in total. The van der Waals surface area contributed by atoms with E-state index in [1.807, 2.05) is 30.3 Å². The second-order valence-corrected chi connectivity index (χ2v) is 6.44. The van der Waals surface area contributed by atoms with E-state index in [2.05, 4.69) is 10.2 Å². The molecular formula is C21H15F3N4O. The van der Waals surface area contributed by atoms with Crippen LogP contribution in [0.3, 0.4) is 0 Å². The minimum Gasteiger partial charge on any atom is -0.287 e. The zero-order valence-corrected chi connectivity index (χ0v) is 15.3. The number of aromatic nitrogens is 4. The fourth-order valence-corrected chi connectivity index (χ4v) is 3.02. The Morgan fingerprint density at radius 2 is 1.66 bits per heavy atom. The van der Waals surface area contributed by atoms with Crippen molar-refractivity contribution in [2.45, 2.75) is 13.1 Å². The molecule has 146 valence electrons. The van der Waals surface area contributed by atoms with Crippen molar-refractivity contribution >= 4 is 0 Å². The quantitative estimate of drug-likeness (QED) is 0.515. The number of alkyl halides is 3. The predicted molar refractivity (Wildman–Crippen MR) is 102 cm³/mol. The Kier molecular flexibility index (Phi) is 4.54. The molecule has 2 aromatic carbocycles. The van der Waals surface area contributed by atoms with Gasteiger partial charge in [-0.1, -0.05) is 24.3 Å². The van der Waals surface area contributed by atoms with E-state index in [0.717, 1.165) is 23.4 Å². The third-order valence-corrected chi connectivity index (χ3v) is 4.42. The molecular weight excluding hydrogens is 381 g/mol. The molecule has 29 heavy (non-hydrogen) atoms. The lowest BCUT2D eigenvalue weighted by atomic mass is 10.2. The first-order valence-corrected chi connectivity index (χ1v) is 8.72. The average molecular weight is 396 g/mol. The van der Waals surface area contributed by atoms with Crippen molar-refractivity contribution in [1.29, 1.82) is 0 Å². The molecule has 0 spiro atoms. The molecule has 2 heterocycles. The summed E-state index contributed by atoms with van der Waals surface area (Å²) in [5.74, 6) is 0. The maximum Gasteiger partial charge on any atom is 0.416 e. The fourth-order valence-electron chi connectivity index (χ4n) is 3.02. The number of hydrogen-bond donors (Lipinski definition) is 0. The fraction of sp³-hybridized carbons (Fsp3) is 0.0952. The lowest BCUT2D eigenvalue weighted by Gasteiger charge is -2.12. The summed E-state index contributed by atoms with van der Waals surface area (Å²) in [6.45, 7) is 1.80. The van der Waals surface area contributed by atoms with E-state index in [-0.39, 0.29) is 16.8 Å². The van der Waals surface area contributed by atoms with E-state index < -0.39 is 11.7 Å². The number of aryl methyl sites for hydroxylation is 1. The first kappa shape index (κ1) is 18.7. The monoisotopic (exact) mass is 396 g/mol. The standard InChI is InChI=1S/C21H15F3N4O/c1-14-13-25-28(16-7-3-2-4-8-16)20(14)19-18(29)10-11-27(26-19)17-9-5-6-15(12-17)21(22,23)24/h2-13H,1H3. The Morgan fingerprint density at radius 3 is 2.38 bits per heavy atom. The van der Waals surface area contributed by atoms with E-state index >= 15 is 0 Å². The van der Waals surface area contributed by atoms with Gasteiger partial charge in [0.15, 0.2) is 5.69 Å². The van der Waals surface area contributed by atoms with E-state index in [4.69, 9.17) is 0 Å². The van der Waals surface area contributed by atoms with Gasteiger partial charge in [-0.05, 0) is 42.8 Å². The van der Waals surface area contributed by atoms with E-state index in [1.165, 1.54) is 29.1 Å². The lowest BCUT2D eigenvalue weighted by Crippen LogP contribution is -2.16. The Bertz CT molecular complexity index is 1230. The van der Waals surface area contributed by atoms with Gasteiger partial charge in [0.05, 0.1) is 23.1 Å². The maximum atomic E-state index is 13.1. The van der Waals surface area contributed by atoms with Crippen molar-refractivity contribution in [2.24, 2.45) is 0 Å². The third-order valence-electron chi connectivity index (χ3n) is 4.42. The zero-order valence-electron chi connectivity index (χ0n) is 15.3. The van der Waals surface area contributed by atoms with Crippen molar-refractivity contribution in [2.75, 3.05) is 0 Å². The molecule has 4 aromatic rings. The van der Waals surface area contributed by atoms with Gasteiger partial charge in [-0.2, -0.15) is 23.4 Å². The van der Waals surface area contributed by atoms with Crippen LogP contribution in [0.1, 0.15) is 11.1 Å². The normalized spacial score (nSPS) is 11.6. The van der Waals surface area contributed by atoms with Crippen LogP contribution in [-0.4, -0.2) is 19.6 Å². The molecule has 4 rings (SSSR count). The van der Waals surface area contributed by atoms with Crippen LogP contribution in [0.5, 0.6) is 0 Å². The summed E-state index contributed by atoms with van der Waals surface area (Å²) in [5, 5.41) is 8.66. The zero-order chi connectivity index (χ0) is 20.6. The Labute approximate surface area is 163 Å². The summed E-state index contributed by atoms with van der Waals surface area (Å²) in [7, 11) is 0. The van der Waals surface area contributed by atoms with Gasteiger partial charge in [-0.3, -0.25) is 4.79 Å². The molecule has 0 bridgehead atoms. The summed E-state index contributed by atoms with van der Waals surface area (Å²) in [6.07, 6.45) is -1.51. The van der Waals surface area contributed by atoms with E-state index in [1.54, 1.807) is 17.8 Å². The summed E-state index contributed by atoms with van der Waals surface area (Å²) < 4.78 is 42.0. The van der Waals surface area contributed by atoms with Gasteiger partial charge >= 0.3 is 6.18 Å². The maximum absolute atomic E-state index is 13.1. The molecule has 0 aliphatic carbocycles. The predicted octanol–water partition coefficient (Wildman–Crippen LogP) is 4.41. The van der Waals surface area contributed by atoms with Gasteiger partial charge in [-0.25, -0.2) is 9.36 Å². The van der Waals surface area contributed by atoms with Crippen LogP contribution in [0.25, 0.3) is 22.8 Å². The molecule has 0 atom stereocenters. The van der Waals surface area contributed by atoms with Gasteiger partial charge in [-0.15, -0.1) is 0 Å². The van der Waals surface area contributed by atoms with Crippen LogP contribution in [0.4, 0.5) is 13.2 Å². The SMILES string of the molecule is Cc1cnn(-c2ccccc2)c1-c1nn(-c2cccc(C(F)(F)F)c2)ccc1=O.